The lowest BCUT2D eigenvalue weighted by molar-refractivity contribution is 0.949. The monoisotopic (exact) mass is 273 g/mol. The fraction of sp³-hybridized carbons (Fsp3) is 0.400. The second-order valence-corrected chi connectivity index (χ2v) is 6.26. The summed E-state index contributed by atoms with van der Waals surface area (Å²) >= 11 is 1.75. The van der Waals surface area contributed by atoms with Gasteiger partial charge in [0.1, 0.15) is 0 Å². The van der Waals surface area contributed by atoms with Crippen molar-refractivity contribution in [3.63, 3.8) is 0 Å². The molecular weight excluding hydrogens is 254 g/mol. The molecule has 1 N–H and O–H groups in total. The summed E-state index contributed by atoms with van der Waals surface area (Å²) in [6.45, 7) is 5.30. The Kier molecular flexibility index (Phi) is 3.69. The van der Waals surface area contributed by atoms with Crippen molar-refractivity contribution in [2.24, 2.45) is 0 Å². The zero-order valence-corrected chi connectivity index (χ0v) is 12.0. The van der Waals surface area contributed by atoms with Gasteiger partial charge < -0.3 is 10.2 Å². The van der Waals surface area contributed by atoms with E-state index in [1.54, 1.807) is 11.3 Å². The Bertz CT molecular complexity index is 527. The van der Waals surface area contributed by atoms with E-state index in [-0.39, 0.29) is 0 Å². The molecule has 1 aromatic carbocycles. The van der Waals surface area contributed by atoms with E-state index in [4.69, 9.17) is 0 Å². The molecule has 0 aliphatic carbocycles. The Morgan fingerprint density at radius 2 is 1.95 bits per heavy atom. The van der Waals surface area contributed by atoms with Crippen LogP contribution < -0.4 is 10.2 Å². The number of aryl methyl sites for hydroxylation is 1. The molecule has 1 fully saturated rings. The van der Waals surface area contributed by atoms with E-state index >= 15 is 0 Å². The van der Waals surface area contributed by atoms with Crippen molar-refractivity contribution in [3.8, 4) is 0 Å². The van der Waals surface area contributed by atoms with Crippen LogP contribution in [-0.2, 0) is 6.54 Å². The first-order chi connectivity index (χ1) is 9.31. The summed E-state index contributed by atoms with van der Waals surface area (Å²) in [5.41, 5.74) is 2.52. The number of thiazole rings is 1. The fourth-order valence-corrected chi connectivity index (χ4v) is 3.18. The van der Waals surface area contributed by atoms with E-state index in [9.17, 15) is 0 Å². The van der Waals surface area contributed by atoms with Crippen molar-refractivity contribution in [1.29, 1.82) is 0 Å². The average molecular weight is 273 g/mol. The number of nitrogens with zero attached hydrogens (tertiary/aromatic N) is 2. The van der Waals surface area contributed by atoms with E-state index in [1.807, 2.05) is 13.1 Å². The van der Waals surface area contributed by atoms with Crippen molar-refractivity contribution < 1.29 is 0 Å². The number of anilines is 2. The zero-order chi connectivity index (χ0) is 13.1. The molecule has 19 heavy (non-hydrogen) atoms. The summed E-state index contributed by atoms with van der Waals surface area (Å²) in [5, 5.41) is 4.57. The van der Waals surface area contributed by atoms with Crippen LogP contribution in [0.25, 0.3) is 0 Å². The summed E-state index contributed by atoms with van der Waals surface area (Å²) in [6, 6.07) is 8.76. The van der Waals surface area contributed by atoms with Crippen LogP contribution in [0.5, 0.6) is 0 Å². The third-order valence-corrected chi connectivity index (χ3v) is 4.39. The van der Waals surface area contributed by atoms with Gasteiger partial charge >= 0.3 is 0 Å². The zero-order valence-electron chi connectivity index (χ0n) is 11.2. The van der Waals surface area contributed by atoms with Crippen molar-refractivity contribution in [2.45, 2.75) is 26.3 Å². The molecule has 0 amide bonds. The van der Waals surface area contributed by atoms with E-state index < -0.39 is 0 Å². The van der Waals surface area contributed by atoms with Crippen LogP contribution in [0, 0.1) is 6.92 Å². The van der Waals surface area contributed by atoms with E-state index in [0.717, 1.165) is 11.6 Å². The Balaban J connectivity index is 1.59. The number of hydrogen-bond acceptors (Lipinski definition) is 4. The highest BCUT2D eigenvalue weighted by Gasteiger charge is 2.11. The molecule has 1 aliphatic heterocycles. The molecule has 0 unspecified atom stereocenters. The summed E-state index contributed by atoms with van der Waals surface area (Å²) in [5.74, 6) is 0. The van der Waals surface area contributed by atoms with Gasteiger partial charge in [0, 0.05) is 35.5 Å². The summed E-state index contributed by atoms with van der Waals surface area (Å²) in [6.07, 6.45) is 4.60. The summed E-state index contributed by atoms with van der Waals surface area (Å²) < 4.78 is 0. The molecule has 2 heterocycles. The van der Waals surface area contributed by atoms with Gasteiger partial charge in [0.25, 0.3) is 0 Å². The predicted molar refractivity (Wildman–Crippen MR) is 82.1 cm³/mol. The number of nitrogens with one attached hydrogen (secondary N) is 1. The summed E-state index contributed by atoms with van der Waals surface area (Å²) in [7, 11) is 0. The third-order valence-electron chi connectivity index (χ3n) is 3.47. The maximum Gasteiger partial charge on any atom is 0.0897 e. The quantitative estimate of drug-likeness (QED) is 0.921. The number of rotatable bonds is 4. The first kappa shape index (κ1) is 12.5. The maximum atomic E-state index is 4.27. The Labute approximate surface area is 118 Å². The fourth-order valence-electron chi connectivity index (χ4n) is 2.44. The predicted octanol–water partition coefficient (Wildman–Crippen LogP) is 3.66. The van der Waals surface area contributed by atoms with E-state index in [0.29, 0.717) is 0 Å². The van der Waals surface area contributed by atoms with Crippen molar-refractivity contribution in [1.82, 2.24) is 4.98 Å². The van der Waals surface area contributed by atoms with Gasteiger partial charge in [-0.15, -0.1) is 11.3 Å². The number of aromatic nitrogens is 1. The highest BCUT2D eigenvalue weighted by atomic mass is 32.1. The molecule has 3 rings (SSSR count). The Hall–Kier alpha value is -1.55. The maximum absolute atomic E-state index is 4.27. The van der Waals surface area contributed by atoms with Gasteiger partial charge in [-0.25, -0.2) is 4.98 Å². The molecule has 0 spiro atoms. The molecule has 0 radical (unpaired) electrons. The molecular formula is C15H19N3S. The molecule has 0 atom stereocenters. The van der Waals surface area contributed by atoms with Gasteiger partial charge in [-0.2, -0.15) is 0 Å². The second kappa shape index (κ2) is 5.61. The van der Waals surface area contributed by atoms with Gasteiger partial charge in [-0.3, -0.25) is 0 Å². The highest BCUT2D eigenvalue weighted by molar-refractivity contribution is 7.11. The summed E-state index contributed by atoms with van der Waals surface area (Å²) in [4.78, 5) is 8.00. The van der Waals surface area contributed by atoms with E-state index in [1.165, 1.54) is 42.2 Å². The van der Waals surface area contributed by atoms with E-state index in [2.05, 4.69) is 39.5 Å². The van der Waals surface area contributed by atoms with Crippen LogP contribution in [0.3, 0.4) is 0 Å². The van der Waals surface area contributed by atoms with Crippen LogP contribution in [0.2, 0.25) is 0 Å². The molecule has 1 aromatic heterocycles. The lowest BCUT2D eigenvalue weighted by Crippen LogP contribution is -2.17. The molecule has 0 saturated carbocycles. The normalized spacial score (nSPS) is 14.9. The molecule has 3 nitrogen and oxygen atoms in total. The SMILES string of the molecule is Cc1ncc(CNc2ccc(N3CCCC3)cc2)s1. The smallest absolute Gasteiger partial charge is 0.0897 e. The minimum absolute atomic E-state index is 0.856. The average Bonchev–Trinajstić information content (AvgIpc) is 3.08. The Morgan fingerprint density at radius 3 is 2.58 bits per heavy atom. The highest BCUT2D eigenvalue weighted by Crippen LogP contribution is 2.22. The van der Waals surface area contributed by atoms with Crippen molar-refractivity contribution >= 4 is 22.7 Å². The second-order valence-electron chi connectivity index (χ2n) is 4.94. The first-order valence-corrected chi connectivity index (χ1v) is 7.63. The molecule has 100 valence electrons. The van der Waals surface area contributed by atoms with Crippen LogP contribution in [0.4, 0.5) is 11.4 Å². The van der Waals surface area contributed by atoms with Gasteiger partial charge in [0.15, 0.2) is 0 Å². The topological polar surface area (TPSA) is 28.2 Å². The molecule has 2 aromatic rings. The third kappa shape index (κ3) is 3.07. The minimum Gasteiger partial charge on any atom is -0.380 e. The molecule has 4 heteroatoms. The van der Waals surface area contributed by atoms with Gasteiger partial charge in [-0.1, -0.05) is 0 Å². The number of benzene rings is 1. The van der Waals surface area contributed by atoms with Crippen LogP contribution >= 0.6 is 11.3 Å². The molecule has 0 bridgehead atoms. The first-order valence-electron chi connectivity index (χ1n) is 6.81. The van der Waals surface area contributed by atoms with Crippen molar-refractivity contribution in [3.05, 3.63) is 40.3 Å². The standard InChI is InChI=1S/C15H19N3S/c1-12-16-10-15(19-12)11-17-13-4-6-14(7-5-13)18-8-2-3-9-18/h4-7,10,17H,2-3,8-9,11H2,1H3. The molecule has 1 aliphatic rings. The molecule has 1 saturated heterocycles. The largest absolute Gasteiger partial charge is 0.380 e. The Morgan fingerprint density at radius 1 is 1.21 bits per heavy atom. The van der Waals surface area contributed by atoms with Crippen LogP contribution in [-0.4, -0.2) is 18.1 Å². The number of hydrogen-bond donors (Lipinski definition) is 1. The van der Waals surface area contributed by atoms with Gasteiger partial charge in [0.05, 0.1) is 11.6 Å². The minimum atomic E-state index is 0.856. The van der Waals surface area contributed by atoms with Gasteiger partial charge in [-0.05, 0) is 44.0 Å². The van der Waals surface area contributed by atoms with Gasteiger partial charge in [0.2, 0.25) is 0 Å². The lowest BCUT2D eigenvalue weighted by atomic mass is 10.2. The van der Waals surface area contributed by atoms with Crippen molar-refractivity contribution in [2.75, 3.05) is 23.3 Å². The van der Waals surface area contributed by atoms with Crippen LogP contribution in [0.15, 0.2) is 30.5 Å². The lowest BCUT2D eigenvalue weighted by Gasteiger charge is -2.17. The van der Waals surface area contributed by atoms with Crippen LogP contribution in [0.1, 0.15) is 22.7 Å².